The summed E-state index contributed by atoms with van der Waals surface area (Å²) in [6, 6.07) is 6.30. The molecular formula is C10H14N2O3. The van der Waals surface area contributed by atoms with Crippen LogP contribution in [0, 0.1) is 0 Å². The predicted octanol–water partition coefficient (Wildman–Crippen LogP) is 0.519. The highest BCUT2D eigenvalue weighted by atomic mass is 16.5. The Balaban J connectivity index is 2.53. The van der Waals surface area contributed by atoms with Crippen LogP contribution >= 0.6 is 0 Å². The van der Waals surface area contributed by atoms with E-state index >= 15 is 0 Å². The van der Waals surface area contributed by atoms with Crippen LogP contribution in [-0.2, 0) is 4.79 Å². The number of aliphatic carboxylic acids is 1. The molecule has 0 spiro atoms. The molecule has 1 unspecified atom stereocenters. The number of ether oxygens (including phenoxy) is 1. The lowest BCUT2D eigenvalue weighted by Gasteiger charge is -2.10. The molecule has 5 heteroatoms. The number of carbonyl (C=O) groups is 1. The summed E-state index contributed by atoms with van der Waals surface area (Å²) in [6.45, 7) is 0.183. The van der Waals surface area contributed by atoms with Crippen LogP contribution in [0.15, 0.2) is 24.3 Å². The molecule has 0 radical (unpaired) electrons. The van der Waals surface area contributed by atoms with Crippen LogP contribution in [0.3, 0.4) is 0 Å². The zero-order valence-corrected chi connectivity index (χ0v) is 8.43. The number of nitrogens with one attached hydrogen (secondary N) is 1. The normalized spacial score (nSPS) is 11.9. The first-order valence-corrected chi connectivity index (χ1v) is 4.50. The first-order valence-electron chi connectivity index (χ1n) is 4.50. The molecule has 5 nitrogen and oxygen atoms in total. The van der Waals surface area contributed by atoms with Crippen LogP contribution in [0.5, 0.6) is 5.75 Å². The summed E-state index contributed by atoms with van der Waals surface area (Å²) in [5.41, 5.74) is 6.12. The van der Waals surface area contributed by atoms with Crippen molar-refractivity contribution in [2.75, 3.05) is 19.0 Å². The summed E-state index contributed by atoms with van der Waals surface area (Å²) in [7, 11) is 1.57. The number of benzene rings is 1. The fourth-order valence-electron chi connectivity index (χ4n) is 1.05. The van der Waals surface area contributed by atoms with Crippen LogP contribution in [-0.4, -0.2) is 30.8 Å². The van der Waals surface area contributed by atoms with Gasteiger partial charge in [0.05, 0.1) is 7.11 Å². The van der Waals surface area contributed by atoms with Gasteiger partial charge in [-0.2, -0.15) is 0 Å². The molecule has 0 aliphatic rings. The van der Waals surface area contributed by atoms with Crippen molar-refractivity contribution in [3.63, 3.8) is 0 Å². The number of nitrogens with two attached hydrogens (primary N) is 1. The van der Waals surface area contributed by atoms with Crippen LogP contribution < -0.4 is 15.8 Å². The smallest absolute Gasteiger partial charge is 0.322 e. The second kappa shape index (κ2) is 5.21. The van der Waals surface area contributed by atoms with Crippen LogP contribution in [0.25, 0.3) is 0 Å². The molecule has 1 aromatic carbocycles. The van der Waals surface area contributed by atoms with E-state index in [2.05, 4.69) is 5.32 Å². The maximum atomic E-state index is 10.5. The van der Waals surface area contributed by atoms with E-state index < -0.39 is 12.0 Å². The fourth-order valence-corrected chi connectivity index (χ4v) is 1.05. The summed E-state index contributed by atoms with van der Waals surface area (Å²) in [5, 5.41) is 11.5. The molecule has 1 aromatic rings. The topological polar surface area (TPSA) is 84.6 Å². The summed E-state index contributed by atoms with van der Waals surface area (Å²) in [4.78, 5) is 10.5. The number of hydrogen-bond acceptors (Lipinski definition) is 4. The molecule has 1 rings (SSSR count). The third-order valence-corrected chi connectivity index (χ3v) is 1.91. The first kappa shape index (κ1) is 11.3. The number of hydrogen-bond donors (Lipinski definition) is 3. The molecule has 0 bridgehead atoms. The number of carboxylic acid groups (broad SMARTS) is 1. The molecule has 1 atom stereocenters. The Hall–Kier alpha value is -1.75. The van der Waals surface area contributed by atoms with E-state index in [1.807, 2.05) is 18.2 Å². The third kappa shape index (κ3) is 3.47. The Morgan fingerprint density at radius 2 is 2.40 bits per heavy atom. The highest BCUT2D eigenvalue weighted by Crippen LogP contribution is 2.16. The second-order valence-corrected chi connectivity index (χ2v) is 3.06. The third-order valence-electron chi connectivity index (χ3n) is 1.91. The highest BCUT2D eigenvalue weighted by Gasteiger charge is 2.10. The fraction of sp³-hybridized carbons (Fsp3) is 0.300. The summed E-state index contributed by atoms with van der Waals surface area (Å²) in [6.07, 6.45) is 0. The number of anilines is 1. The Morgan fingerprint density at radius 3 is 3.00 bits per heavy atom. The molecule has 82 valence electrons. The van der Waals surface area contributed by atoms with E-state index in [-0.39, 0.29) is 6.54 Å². The maximum Gasteiger partial charge on any atom is 0.322 e. The van der Waals surface area contributed by atoms with Gasteiger partial charge in [-0.15, -0.1) is 0 Å². The van der Waals surface area contributed by atoms with Gasteiger partial charge in [0, 0.05) is 18.3 Å². The number of methoxy groups -OCH3 is 1. The van der Waals surface area contributed by atoms with Crippen molar-refractivity contribution in [1.82, 2.24) is 0 Å². The monoisotopic (exact) mass is 210 g/mol. The van der Waals surface area contributed by atoms with Crippen molar-refractivity contribution in [2.45, 2.75) is 6.04 Å². The van der Waals surface area contributed by atoms with Gasteiger partial charge < -0.3 is 20.9 Å². The van der Waals surface area contributed by atoms with Crippen molar-refractivity contribution in [2.24, 2.45) is 5.73 Å². The lowest BCUT2D eigenvalue weighted by atomic mass is 10.2. The maximum absolute atomic E-state index is 10.5. The molecular weight excluding hydrogens is 196 g/mol. The van der Waals surface area contributed by atoms with Crippen LogP contribution in [0.1, 0.15) is 0 Å². The van der Waals surface area contributed by atoms with Crippen molar-refractivity contribution in [1.29, 1.82) is 0 Å². The van der Waals surface area contributed by atoms with E-state index in [0.29, 0.717) is 5.75 Å². The predicted molar refractivity (Wildman–Crippen MR) is 57.1 cm³/mol. The van der Waals surface area contributed by atoms with Crippen LogP contribution in [0.4, 0.5) is 5.69 Å². The molecule has 0 aliphatic carbocycles. The molecule has 0 heterocycles. The minimum absolute atomic E-state index is 0.183. The molecule has 0 fully saturated rings. The Labute approximate surface area is 87.9 Å². The number of rotatable bonds is 5. The molecule has 4 N–H and O–H groups in total. The van der Waals surface area contributed by atoms with Crippen molar-refractivity contribution >= 4 is 11.7 Å². The molecule has 0 aromatic heterocycles. The molecule has 0 amide bonds. The Kier molecular flexibility index (Phi) is 3.93. The van der Waals surface area contributed by atoms with E-state index in [9.17, 15) is 4.79 Å². The minimum atomic E-state index is -1.02. The average Bonchev–Trinajstić information content (AvgIpc) is 2.26. The quantitative estimate of drug-likeness (QED) is 0.659. The van der Waals surface area contributed by atoms with Crippen LogP contribution in [0.2, 0.25) is 0 Å². The molecule has 15 heavy (non-hydrogen) atoms. The van der Waals surface area contributed by atoms with Crippen molar-refractivity contribution in [3.8, 4) is 5.75 Å². The summed E-state index contributed by atoms with van der Waals surface area (Å²) < 4.78 is 5.02. The number of carboxylic acids is 1. The zero-order chi connectivity index (χ0) is 11.3. The van der Waals surface area contributed by atoms with Gasteiger partial charge in [0.25, 0.3) is 0 Å². The standard InChI is InChI=1S/C10H14N2O3/c1-15-8-4-2-3-7(5-8)12-6-9(11)10(13)14/h2-5,9,12H,6,11H2,1H3,(H,13,14). The van der Waals surface area contributed by atoms with Crippen molar-refractivity contribution < 1.29 is 14.6 Å². The van der Waals surface area contributed by atoms with Gasteiger partial charge in [-0.05, 0) is 12.1 Å². The average molecular weight is 210 g/mol. The van der Waals surface area contributed by atoms with Gasteiger partial charge in [-0.25, -0.2) is 0 Å². The molecule has 0 saturated carbocycles. The van der Waals surface area contributed by atoms with Gasteiger partial charge in [-0.3, -0.25) is 4.79 Å². The van der Waals surface area contributed by atoms with Gasteiger partial charge >= 0.3 is 5.97 Å². The summed E-state index contributed by atoms with van der Waals surface area (Å²) in [5.74, 6) is -0.311. The molecule has 0 saturated heterocycles. The summed E-state index contributed by atoms with van der Waals surface area (Å²) >= 11 is 0. The minimum Gasteiger partial charge on any atom is -0.497 e. The first-order chi connectivity index (χ1) is 7.13. The van der Waals surface area contributed by atoms with Gasteiger partial charge in [0.1, 0.15) is 11.8 Å². The lowest BCUT2D eigenvalue weighted by Crippen LogP contribution is -2.36. The van der Waals surface area contributed by atoms with Crippen molar-refractivity contribution in [3.05, 3.63) is 24.3 Å². The van der Waals surface area contributed by atoms with E-state index in [1.54, 1.807) is 13.2 Å². The largest absolute Gasteiger partial charge is 0.497 e. The van der Waals surface area contributed by atoms with E-state index in [1.165, 1.54) is 0 Å². The SMILES string of the molecule is COc1cccc(NCC(N)C(=O)O)c1. The van der Waals surface area contributed by atoms with E-state index in [0.717, 1.165) is 5.69 Å². The Bertz CT molecular complexity index is 341. The second-order valence-electron chi connectivity index (χ2n) is 3.06. The van der Waals surface area contributed by atoms with E-state index in [4.69, 9.17) is 15.6 Å². The van der Waals surface area contributed by atoms with Gasteiger partial charge in [0.2, 0.25) is 0 Å². The van der Waals surface area contributed by atoms with Gasteiger partial charge in [-0.1, -0.05) is 6.07 Å². The highest BCUT2D eigenvalue weighted by molar-refractivity contribution is 5.74. The Morgan fingerprint density at radius 1 is 1.67 bits per heavy atom. The zero-order valence-electron chi connectivity index (χ0n) is 8.43. The lowest BCUT2D eigenvalue weighted by molar-refractivity contribution is -0.138. The molecule has 0 aliphatic heterocycles. The van der Waals surface area contributed by atoms with Gasteiger partial charge in [0.15, 0.2) is 0 Å².